The second kappa shape index (κ2) is 6.88. The zero-order valence-corrected chi connectivity index (χ0v) is 14.4. The van der Waals surface area contributed by atoms with Gasteiger partial charge < -0.3 is 21.4 Å². The fourth-order valence-corrected chi connectivity index (χ4v) is 2.77. The summed E-state index contributed by atoms with van der Waals surface area (Å²) < 4.78 is 4.23. The molecule has 3 aromatic rings. The summed E-state index contributed by atoms with van der Waals surface area (Å²) in [6.07, 6.45) is 4.93. The van der Waals surface area contributed by atoms with E-state index in [4.69, 9.17) is 0 Å². The van der Waals surface area contributed by atoms with Crippen LogP contribution >= 0.6 is 0 Å². The maximum atomic E-state index is 12.4. The summed E-state index contributed by atoms with van der Waals surface area (Å²) in [7, 11) is 0. The molecule has 0 radical (unpaired) electrons. The summed E-state index contributed by atoms with van der Waals surface area (Å²) in [5.41, 5.74) is 4.34. The third kappa shape index (κ3) is 2.97. The minimum Gasteiger partial charge on any atom is -1.00 e. The van der Waals surface area contributed by atoms with Crippen molar-refractivity contribution in [1.82, 2.24) is 4.40 Å². The molecule has 0 saturated carbocycles. The normalized spacial score (nSPS) is 10.5. The van der Waals surface area contributed by atoms with E-state index in [2.05, 4.69) is 34.9 Å². The highest BCUT2D eigenvalue weighted by atomic mass is 79.9. The Kier molecular flexibility index (Phi) is 5.14. The fraction of sp³-hybridized carbons (Fsp3) is 0.222. The van der Waals surface area contributed by atoms with Crippen molar-refractivity contribution in [3.8, 4) is 0 Å². The Morgan fingerprint density at radius 3 is 2.55 bits per heavy atom. The highest BCUT2D eigenvalue weighted by molar-refractivity contribution is 5.95. The lowest BCUT2D eigenvalue weighted by atomic mass is 10.1. The Bertz CT molecular complexity index is 793. The topological polar surface area (TPSA) is 25.4 Å². The van der Waals surface area contributed by atoms with Gasteiger partial charge in [-0.05, 0) is 19.1 Å². The van der Waals surface area contributed by atoms with E-state index in [0.29, 0.717) is 6.54 Å². The predicted molar refractivity (Wildman–Crippen MR) is 82.5 cm³/mol. The number of Topliss-reactive ketones (excluding diaryl/α,β-unsaturated/α-hetero) is 1. The molecule has 0 unspecified atom stereocenters. The van der Waals surface area contributed by atoms with Crippen LogP contribution in [0.15, 0.2) is 54.9 Å². The van der Waals surface area contributed by atoms with E-state index in [1.807, 2.05) is 42.7 Å². The third-order valence-corrected chi connectivity index (χ3v) is 3.90. The van der Waals surface area contributed by atoms with Crippen LogP contribution in [0.5, 0.6) is 0 Å². The highest BCUT2D eigenvalue weighted by Gasteiger charge is 2.18. The van der Waals surface area contributed by atoms with E-state index in [0.717, 1.165) is 12.0 Å². The molecule has 0 aliphatic heterocycles. The zero-order valence-electron chi connectivity index (χ0n) is 12.8. The Morgan fingerprint density at radius 2 is 1.86 bits per heavy atom. The number of ketones is 1. The molecule has 4 heteroatoms. The Morgan fingerprint density at radius 1 is 1.14 bits per heavy atom. The zero-order chi connectivity index (χ0) is 14.8. The van der Waals surface area contributed by atoms with Crippen LogP contribution in [-0.2, 0) is 13.0 Å². The van der Waals surface area contributed by atoms with Gasteiger partial charge in [0.1, 0.15) is 5.52 Å². The van der Waals surface area contributed by atoms with Gasteiger partial charge in [0.15, 0.2) is 6.20 Å². The molecule has 0 saturated heterocycles. The van der Waals surface area contributed by atoms with Gasteiger partial charge in [-0.25, -0.2) is 0 Å². The van der Waals surface area contributed by atoms with Gasteiger partial charge in [-0.2, -0.15) is 4.57 Å². The molecule has 0 N–H and O–H groups in total. The molecule has 0 aliphatic rings. The summed E-state index contributed by atoms with van der Waals surface area (Å²) in [6.45, 7) is 4.60. The number of carbonyl (C=O) groups is 1. The molecule has 0 spiro atoms. The third-order valence-electron chi connectivity index (χ3n) is 3.90. The van der Waals surface area contributed by atoms with E-state index in [1.54, 1.807) is 0 Å². The van der Waals surface area contributed by atoms with Crippen LogP contribution in [-0.4, -0.2) is 10.2 Å². The first kappa shape index (κ1) is 16.4. The largest absolute Gasteiger partial charge is 1.00 e. The first-order chi connectivity index (χ1) is 10.2. The molecule has 0 aliphatic carbocycles. The number of hydrogen-bond donors (Lipinski definition) is 0. The predicted octanol–water partition coefficient (Wildman–Crippen LogP) is -0.0155. The minimum absolute atomic E-state index is 0. The van der Waals surface area contributed by atoms with Gasteiger partial charge in [0, 0.05) is 17.7 Å². The summed E-state index contributed by atoms with van der Waals surface area (Å²) >= 11 is 0. The Balaban J connectivity index is 0.00000176. The molecule has 0 amide bonds. The average Bonchev–Trinajstić information content (AvgIpc) is 2.89. The van der Waals surface area contributed by atoms with Gasteiger partial charge in [0.2, 0.25) is 18.0 Å². The molecule has 3 nitrogen and oxygen atoms in total. The number of benzene rings is 1. The lowest BCUT2D eigenvalue weighted by molar-refractivity contribution is -0.689. The lowest BCUT2D eigenvalue weighted by Gasteiger charge is -2.05. The number of aryl methyl sites for hydroxylation is 2. The molecular formula is C18H19BrN2O. The van der Waals surface area contributed by atoms with Crippen molar-refractivity contribution >= 4 is 11.3 Å². The quantitative estimate of drug-likeness (QED) is 0.475. The van der Waals surface area contributed by atoms with Crippen molar-refractivity contribution in [1.29, 1.82) is 0 Å². The second-order valence-electron chi connectivity index (χ2n) is 5.25. The summed E-state index contributed by atoms with van der Waals surface area (Å²) in [5.74, 6) is 0.142. The van der Waals surface area contributed by atoms with Crippen LogP contribution in [0.3, 0.4) is 0 Å². The Labute approximate surface area is 141 Å². The molecule has 0 fully saturated rings. The molecule has 3 rings (SSSR count). The van der Waals surface area contributed by atoms with Gasteiger partial charge in [-0.1, -0.05) is 37.3 Å². The number of nitrogens with zero attached hydrogens (tertiary/aromatic N) is 2. The first-order valence-electron chi connectivity index (χ1n) is 7.28. The molecule has 22 heavy (non-hydrogen) atoms. The maximum absolute atomic E-state index is 12.4. The average molecular weight is 359 g/mol. The van der Waals surface area contributed by atoms with Crippen LogP contribution in [0.1, 0.15) is 28.7 Å². The number of carbonyl (C=O) groups excluding carboxylic acids is 1. The Hall–Kier alpha value is -1.94. The summed E-state index contributed by atoms with van der Waals surface area (Å²) in [4.78, 5) is 12.4. The van der Waals surface area contributed by atoms with E-state index < -0.39 is 0 Å². The molecule has 2 heterocycles. The van der Waals surface area contributed by atoms with Crippen molar-refractivity contribution < 1.29 is 26.3 Å². The van der Waals surface area contributed by atoms with Gasteiger partial charge >= 0.3 is 0 Å². The van der Waals surface area contributed by atoms with Gasteiger partial charge in [-0.15, -0.1) is 0 Å². The van der Waals surface area contributed by atoms with Crippen LogP contribution in [0.25, 0.3) is 5.52 Å². The monoisotopic (exact) mass is 358 g/mol. The SMILES string of the molecule is CCc1c2ccc(C)n2cc[n+]1CC(=O)c1ccccc1.[Br-]. The minimum atomic E-state index is 0. The van der Waals surface area contributed by atoms with E-state index >= 15 is 0 Å². The smallest absolute Gasteiger partial charge is 0.227 e. The molecule has 1 aromatic carbocycles. The van der Waals surface area contributed by atoms with Crippen molar-refractivity contribution in [3.63, 3.8) is 0 Å². The standard InChI is InChI=1S/C18H19N2O.BrH/c1-3-16-17-10-9-14(2)20(17)12-11-19(16)13-18(21)15-7-5-4-6-8-15;/h4-12H,3,13H2,1-2H3;1H/q+1;/p-1. The summed E-state index contributed by atoms with van der Waals surface area (Å²) in [6, 6.07) is 13.7. The van der Waals surface area contributed by atoms with Crippen molar-refractivity contribution in [2.24, 2.45) is 0 Å². The van der Waals surface area contributed by atoms with Crippen LogP contribution in [0, 0.1) is 6.92 Å². The second-order valence-corrected chi connectivity index (χ2v) is 5.25. The molecule has 2 aromatic heterocycles. The van der Waals surface area contributed by atoms with Gasteiger partial charge in [-0.3, -0.25) is 4.79 Å². The lowest BCUT2D eigenvalue weighted by Crippen LogP contribution is -3.00. The van der Waals surface area contributed by atoms with E-state index in [-0.39, 0.29) is 22.8 Å². The van der Waals surface area contributed by atoms with E-state index in [9.17, 15) is 4.79 Å². The van der Waals surface area contributed by atoms with Gasteiger partial charge in [0.05, 0.1) is 6.20 Å². The van der Waals surface area contributed by atoms with Crippen molar-refractivity contribution in [3.05, 3.63) is 71.8 Å². The molecule has 0 bridgehead atoms. The number of fused-ring (bicyclic) bond motifs is 1. The van der Waals surface area contributed by atoms with Crippen LogP contribution in [0.4, 0.5) is 0 Å². The maximum Gasteiger partial charge on any atom is 0.227 e. The number of aromatic nitrogens is 2. The van der Waals surface area contributed by atoms with Crippen LogP contribution in [0.2, 0.25) is 0 Å². The fourth-order valence-electron chi connectivity index (χ4n) is 2.77. The summed E-state index contributed by atoms with van der Waals surface area (Å²) in [5, 5.41) is 0. The van der Waals surface area contributed by atoms with E-state index in [1.165, 1.54) is 16.9 Å². The number of rotatable bonds is 4. The van der Waals surface area contributed by atoms with Crippen LogP contribution < -0.4 is 21.5 Å². The first-order valence-corrected chi connectivity index (χ1v) is 7.28. The van der Waals surface area contributed by atoms with Crippen molar-refractivity contribution in [2.75, 3.05) is 0 Å². The molecule has 0 atom stereocenters. The highest BCUT2D eigenvalue weighted by Crippen LogP contribution is 2.12. The van der Waals surface area contributed by atoms with Crippen molar-refractivity contribution in [2.45, 2.75) is 26.8 Å². The van der Waals surface area contributed by atoms with Gasteiger partial charge in [0.25, 0.3) is 0 Å². The molecule has 114 valence electrons. The molecular weight excluding hydrogens is 340 g/mol. The number of halogens is 1. The number of hydrogen-bond acceptors (Lipinski definition) is 1.